The Balaban J connectivity index is 2.54. The molecule has 13 heavy (non-hydrogen) atoms. The number of thiazole rings is 1. The van der Waals surface area contributed by atoms with Crippen LogP contribution in [-0.2, 0) is 11.3 Å². The summed E-state index contributed by atoms with van der Waals surface area (Å²) in [4.78, 5) is 10.2. The Labute approximate surface area is 84.1 Å². The van der Waals surface area contributed by atoms with Crippen molar-refractivity contribution in [2.24, 2.45) is 0 Å². The van der Waals surface area contributed by atoms with Crippen LogP contribution in [0.2, 0.25) is 0 Å². The number of carbonyl (C=O) groups is 1. The Bertz CT molecular complexity index is 355. The number of rotatable bonds is 4. The van der Waals surface area contributed by atoms with Crippen LogP contribution in [0.5, 0.6) is 5.88 Å². The summed E-state index contributed by atoms with van der Waals surface area (Å²) in [5.74, 6) is -0.721. The zero-order valence-electron chi connectivity index (χ0n) is 6.77. The average molecular weight is 219 g/mol. The molecule has 0 amide bonds. The van der Waals surface area contributed by atoms with E-state index in [0.29, 0.717) is 16.9 Å². The number of carboxylic acid groups (broad SMARTS) is 1. The zero-order valence-corrected chi connectivity index (χ0v) is 8.40. The van der Waals surface area contributed by atoms with Gasteiger partial charge in [-0.25, -0.2) is 0 Å². The molecule has 0 saturated carbocycles. The lowest BCUT2D eigenvalue weighted by Gasteiger charge is -2.01. The summed E-state index contributed by atoms with van der Waals surface area (Å²) < 4.78 is 2.10. The molecule has 72 valence electrons. The van der Waals surface area contributed by atoms with Gasteiger partial charge in [0, 0.05) is 13.0 Å². The summed E-state index contributed by atoms with van der Waals surface area (Å²) in [6, 6.07) is 0. The van der Waals surface area contributed by atoms with Crippen molar-refractivity contribution in [2.45, 2.75) is 19.4 Å². The minimum Gasteiger partial charge on any atom is -0.494 e. The molecule has 1 aromatic heterocycles. The Morgan fingerprint density at radius 2 is 2.38 bits per heavy atom. The summed E-state index contributed by atoms with van der Waals surface area (Å²) >= 11 is 6.20. The van der Waals surface area contributed by atoms with Gasteiger partial charge in [-0.05, 0) is 18.6 Å². The van der Waals surface area contributed by atoms with Gasteiger partial charge < -0.3 is 10.2 Å². The molecule has 0 aromatic carbocycles. The molecule has 0 unspecified atom stereocenters. The fourth-order valence-corrected chi connectivity index (χ4v) is 1.89. The number of aromatic nitrogens is 1. The van der Waals surface area contributed by atoms with E-state index in [9.17, 15) is 9.90 Å². The molecule has 0 aliphatic heterocycles. The molecular weight excluding hydrogens is 210 g/mol. The summed E-state index contributed by atoms with van der Waals surface area (Å²) in [6.45, 7) is 0.459. The van der Waals surface area contributed by atoms with Crippen LogP contribution < -0.4 is 0 Å². The van der Waals surface area contributed by atoms with Crippen LogP contribution in [0.4, 0.5) is 0 Å². The van der Waals surface area contributed by atoms with Gasteiger partial charge in [0.25, 0.3) is 0 Å². The maximum Gasteiger partial charge on any atom is 0.303 e. The molecule has 0 aliphatic rings. The highest BCUT2D eigenvalue weighted by molar-refractivity contribution is 7.73. The minimum absolute atomic E-state index is 0.0943. The first-order chi connectivity index (χ1) is 6.11. The molecule has 1 rings (SSSR count). The van der Waals surface area contributed by atoms with Crippen molar-refractivity contribution in [2.75, 3.05) is 0 Å². The standard InChI is InChI=1S/C7H9NO3S2/c9-5-4-13-7(12)8(5)3-1-2-6(10)11/h4,9H,1-3H2,(H,10,11). The van der Waals surface area contributed by atoms with E-state index in [0.717, 1.165) is 0 Å². The summed E-state index contributed by atoms with van der Waals surface area (Å²) in [6.07, 6.45) is 0.574. The van der Waals surface area contributed by atoms with Crippen molar-refractivity contribution >= 4 is 29.5 Å². The Hall–Kier alpha value is -0.880. The van der Waals surface area contributed by atoms with Gasteiger partial charge in [0.15, 0.2) is 3.95 Å². The van der Waals surface area contributed by atoms with Gasteiger partial charge in [0.05, 0.1) is 5.38 Å². The number of carboxylic acids is 1. The second-order valence-electron chi connectivity index (χ2n) is 2.51. The molecule has 0 bridgehead atoms. The number of aromatic hydroxyl groups is 1. The van der Waals surface area contributed by atoms with Gasteiger partial charge in [0.2, 0.25) is 5.88 Å². The predicted molar refractivity (Wildman–Crippen MR) is 51.7 cm³/mol. The number of nitrogens with zero attached hydrogens (tertiary/aromatic N) is 1. The minimum atomic E-state index is -0.832. The summed E-state index contributed by atoms with van der Waals surface area (Å²) in [5.41, 5.74) is 0. The van der Waals surface area contributed by atoms with Gasteiger partial charge in [-0.1, -0.05) is 0 Å². The largest absolute Gasteiger partial charge is 0.494 e. The molecule has 1 aromatic rings. The van der Waals surface area contributed by atoms with Crippen molar-refractivity contribution in [1.29, 1.82) is 0 Å². The first-order valence-electron chi connectivity index (χ1n) is 3.70. The van der Waals surface area contributed by atoms with E-state index >= 15 is 0 Å². The summed E-state index contributed by atoms with van der Waals surface area (Å²) in [5, 5.41) is 19.2. The third-order valence-corrected chi connectivity index (χ3v) is 2.79. The maximum absolute atomic E-state index is 10.2. The van der Waals surface area contributed by atoms with Crippen LogP contribution in [0, 0.1) is 3.95 Å². The second-order valence-corrected chi connectivity index (χ2v) is 4.01. The first kappa shape index (κ1) is 10.2. The molecule has 0 spiro atoms. The lowest BCUT2D eigenvalue weighted by atomic mass is 10.3. The second kappa shape index (κ2) is 4.38. The number of hydrogen-bond acceptors (Lipinski definition) is 4. The Kier molecular flexibility index (Phi) is 3.44. The van der Waals surface area contributed by atoms with E-state index in [1.54, 1.807) is 5.38 Å². The highest BCUT2D eigenvalue weighted by Crippen LogP contribution is 2.17. The van der Waals surface area contributed by atoms with Crippen molar-refractivity contribution in [3.8, 4) is 5.88 Å². The lowest BCUT2D eigenvalue weighted by Crippen LogP contribution is -2.01. The first-order valence-corrected chi connectivity index (χ1v) is 4.99. The molecular formula is C7H9NO3S2. The van der Waals surface area contributed by atoms with E-state index in [-0.39, 0.29) is 12.3 Å². The van der Waals surface area contributed by atoms with Crippen molar-refractivity contribution in [3.63, 3.8) is 0 Å². The van der Waals surface area contributed by atoms with Crippen LogP contribution >= 0.6 is 23.6 Å². The fraction of sp³-hybridized carbons (Fsp3) is 0.429. The third-order valence-electron chi connectivity index (χ3n) is 1.53. The van der Waals surface area contributed by atoms with Gasteiger partial charge >= 0.3 is 5.97 Å². The predicted octanol–water partition coefficient (Wildman–Crippen LogP) is 1.85. The smallest absolute Gasteiger partial charge is 0.303 e. The Morgan fingerprint density at radius 3 is 2.85 bits per heavy atom. The normalized spacial score (nSPS) is 10.2. The molecule has 0 atom stereocenters. The van der Waals surface area contributed by atoms with E-state index < -0.39 is 5.97 Å². The zero-order chi connectivity index (χ0) is 9.84. The lowest BCUT2D eigenvalue weighted by molar-refractivity contribution is -0.137. The topological polar surface area (TPSA) is 62.5 Å². The molecule has 0 radical (unpaired) electrons. The van der Waals surface area contributed by atoms with Crippen LogP contribution in [0.25, 0.3) is 0 Å². The molecule has 6 heteroatoms. The van der Waals surface area contributed by atoms with Gasteiger partial charge in [-0.15, -0.1) is 11.3 Å². The van der Waals surface area contributed by atoms with Gasteiger partial charge in [-0.3, -0.25) is 9.36 Å². The third kappa shape index (κ3) is 2.82. The van der Waals surface area contributed by atoms with Crippen LogP contribution in [0.3, 0.4) is 0 Å². The van der Waals surface area contributed by atoms with Crippen LogP contribution in [0.15, 0.2) is 5.38 Å². The highest BCUT2D eigenvalue weighted by Gasteiger charge is 2.03. The van der Waals surface area contributed by atoms with Crippen molar-refractivity contribution < 1.29 is 15.0 Å². The maximum atomic E-state index is 10.2. The monoisotopic (exact) mass is 219 g/mol. The SMILES string of the molecule is O=C(O)CCCn1c(O)csc1=S. The molecule has 0 fully saturated rings. The van der Waals surface area contributed by atoms with Crippen molar-refractivity contribution in [1.82, 2.24) is 4.57 Å². The quantitative estimate of drug-likeness (QED) is 0.759. The van der Waals surface area contributed by atoms with Gasteiger partial charge in [-0.2, -0.15) is 0 Å². The average Bonchev–Trinajstić information content (AvgIpc) is 2.34. The van der Waals surface area contributed by atoms with E-state index in [1.807, 2.05) is 0 Å². The highest BCUT2D eigenvalue weighted by atomic mass is 32.1. The van der Waals surface area contributed by atoms with E-state index in [1.165, 1.54) is 15.9 Å². The van der Waals surface area contributed by atoms with E-state index in [4.69, 9.17) is 17.3 Å². The summed E-state index contributed by atoms with van der Waals surface area (Å²) in [7, 11) is 0. The molecule has 4 nitrogen and oxygen atoms in total. The van der Waals surface area contributed by atoms with Crippen LogP contribution in [0.1, 0.15) is 12.8 Å². The van der Waals surface area contributed by atoms with E-state index in [2.05, 4.69) is 0 Å². The fourth-order valence-electron chi connectivity index (χ4n) is 0.918. The molecule has 1 heterocycles. The van der Waals surface area contributed by atoms with Crippen molar-refractivity contribution in [3.05, 3.63) is 9.33 Å². The Morgan fingerprint density at radius 1 is 1.69 bits per heavy atom. The number of aliphatic carboxylic acids is 1. The van der Waals surface area contributed by atoms with Crippen LogP contribution in [-0.4, -0.2) is 20.7 Å². The molecule has 0 saturated heterocycles. The molecule has 2 N–H and O–H groups in total. The molecule has 0 aliphatic carbocycles. The van der Waals surface area contributed by atoms with Gasteiger partial charge in [0.1, 0.15) is 0 Å². The number of hydrogen-bond donors (Lipinski definition) is 2.